The Morgan fingerprint density at radius 1 is 0.875 bits per heavy atom. The lowest BCUT2D eigenvalue weighted by Gasteiger charge is -2.27. The molecule has 0 aromatic heterocycles. The third kappa shape index (κ3) is 4.52. The van der Waals surface area contributed by atoms with Crippen molar-refractivity contribution >= 4 is 29.1 Å². The van der Waals surface area contributed by atoms with Gasteiger partial charge in [0.15, 0.2) is 0 Å². The van der Waals surface area contributed by atoms with Gasteiger partial charge in [0.25, 0.3) is 10.1 Å². The third-order valence-corrected chi connectivity index (χ3v) is 8.34. The summed E-state index contributed by atoms with van der Waals surface area (Å²) in [6, 6.07) is 20.3. The molecule has 2 aromatic rings. The Balaban J connectivity index is 0.000000249. The molecule has 2 aromatic carbocycles. The lowest BCUT2D eigenvalue weighted by atomic mass is 10.4. The standard InChI is InChI=1S/C14H16O2Si.C3H6O3S/c1-15-17(16-2,13-9-5-3-6-10-13)14-11-7-4-8-12-14;4-7(5)3-1-2-6-7/h3-12H,1-2H3;1-3H2. The Morgan fingerprint density at radius 3 is 1.58 bits per heavy atom. The average Bonchev–Trinajstić information content (AvgIpc) is 3.03. The van der Waals surface area contributed by atoms with Crippen molar-refractivity contribution in [2.45, 2.75) is 6.42 Å². The van der Waals surface area contributed by atoms with Gasteiger partial charge in [0, 0.05) is 14.2 Å². The summed E-state index contributed by atoms with van der Waals surface area (Å²) in [4.78, 5) is 0. The molecule has 7 heteroatoms. The first-order valence-electron chi connectivity index (χ1n) is 7.62. The van der Waals surface area contributed by atoms with Crippen LogP contribution >= 0.6 is 0 Å². The SMILES string of the molecule is CO[Si](OC)(c1ccccc1)c1ccccc1.O=S1(=O)CCCO1. The minimum atomic E-state index is -3.05. The molecule has 0 radical (unpaired) electrons. The van der Waals surface area contributed by atoms with E-state index in [0.717, 1.165) is 10.4 Å². The van der Waals surface area contributed by atoms with E-state index < -0.39 is 18.7 Å². The molecule has 1 saturated heterocycles. The fraction of sp³-hybridized carbons (Fsp3) is 0.294. The number of hydrogen-bond acceptors (Lipinski definition) is 5. The third-order valence-electron chi connectivity index (χ3n) is 3.68. The van der Waals surface area contributed by atoms with Gasteiger partial charge in [0.2, 0.25) is 0 Å². The van der Waals surface area contributed by atoms with E-state index in [1.165, 1.54) is 0 Å². The van der Waals surface area contributed by atoms with Crippen LogP contribution in [0.3, 0.4) is 0 Å². The first-order chi connectivity index (χ1) is 11.5. The highest BCUT2D eigenvalue weighted by Crippen LogP contribution is 2.07. The summed E-state index contributed by atoms with van der Waals surface area (Å²) in [5.74, 6) is 0.201. The van der Waals surface area contributed by atoms with Crippen LogP contribution in [0, 0.1) is 0 Å². The minimum absolute atomic E-state index is 0.201. The molecule has 0 amide bonds. The van der Waals surface area contributed by atoms with E-state index >= 15 is 0 Å². The Morgan fingerprint density at radius 2 is 1.33 bits per heavy atom. The molecule has 0 atom stereocenters. The Kier molecular flexibility index (Phi) is 6.70. The molecule has 0 saturated carbocycles. The number of hydrogen-bond donors (Lipinski definition) is 0. The largest absolute Gasteiger partial charge is 0.406 e. The summed E-state index contributed by atoms with van der Waals surface area (Å²) in [5, 5.41) is 2.24. The molecule has 5 nitrogen and oxygen atoms in total. The summed E-state index contributed by atoms with van der Waals surface area (Å²) in [7, 11) is -2.11. The Labute approximate surface area is 144 Å². The first kappa shape index (κ1) is 18.8. The normalized spacial score (nSPS) is 16.2. The molecular weight excluding hydrogens is 344 g/mol. The van der Waals surface area contributed by atoms with Crippen molar-refractivity contribution in [2.24, 2.45) is 0 Å². The molecule has 1 aliphatic heterocycles. The molecule has 0 N–H and O–H groups in total. The molecule has 1 heterocycles. The van der Waals surface area contributed by atoms with Crippen LogP contribution in [0.4, 0.5) is 0 Å². The van der Waals surface area contributed by atoms with Gasteiger partial charge in [-0.15, -0.1) is 0 Å². The maximum absolute atomic E-state index is 10.2. The molecule has 0 spiro atoms. The zero-order chi connectivity index (χ0) is 17.5. The number of benzene rings is 2. The van der Waals surface area contributed by atoms with Crippen LogP contribution < -0.4 is 10.4 Å². The van der Waals surface area contributed by atoms with Gasteiger partial charge in [-0.05, 0) is 16.8 Å². The quantitative estimate of drug-likeness (QED) is 0.602. The van der Waals surface area contributed by atoms with E-state index in [4.69, 9.17) is 8.85 Å². The van der Waals surface area contributed by atoms with Gasteiger partial charge in [-0.1, -0.05) is 60.7 Å². The maximum atomic E-state index is 10.2. The van der Waals surface area contributed by atoms with E-state index in [1.807, 2.05) is 36.4 Å². The molecule has 24 heavy (non-hydrogen) atoms. The van der Waals surface area contributed by atoms with Crippen LogP contribution in [-0.2, 0) is 23.2 Å². The topological polar surface area (TPSA) is 61.8 Å². The Bertz CT molecular complexity index is 662. The molecule has 3 rings (SSSR count). The predicted molar refractivity (Wildman–Crippen MR) is 96.3 cm³/mol. The smallest absolute Gasteiger partial charge is 0.391 e. The van der Waals surface area contributed by atoms with Crippen LogP contribution in [0.2, 0.25) is 0 Å². The second-order valence-corrected chi connectivity index (χ2v) is 10.2. The fourth-order valence-electron chi connectivity index (χ4n) is 2.52. The van der Waals surface area contributed by atoms with Crippen molar-refractivity contribution in [2.75, 3.05) is 26.6 Å². The van der Waals surface area contributed by atoms with Crippen molar-refractivity contribution in [1.82, 2.24) is 0 Å². The molecule has 0 bridgehead atoms. The molecule has 0 aliphatic carbocycles. The van der Waals surface area contributed by atoms with Crippen LogP contribution in [0.5, 0.6) is 0 Å². The van der Waals surface area contributed by atoms with E-state index in [1.54, 1.807) is 14.2 Å². The molecular formula is C17H22O5SSi. The Hall–Kier alpha value is -1.51. The summed E-state index contributed by atoms with van der Waals surface area (Å²) in [6.07, 6.45) is 0.655. The van der Waals surface area contributed by atoms with Gasteiger partial charge in [-0.2, -0.15) is 8.42 Å². The summed E-state index contributed by atoms with van der Waals surface area (Å²) in [6.45, 7) is 0.377. The lowest BCUT2D eigenvalue weighted by molar-refractivity contribution is 0.272. The second-order valence-electron chi connectivity index (χ2n) is 5.19. The van der Waals surface area contributed by atoms with Gasteiger partial charge in [-0.25, -0.2) is 0 Å². The monoisotopic (exact) mass is 366 g/mol. The van der Waals surface area contributed by atoms with E-state index in [9.17, 15) is 8.42 Å². The summed E-state index contributed by atoms with van der Waals surface area (Å²) < 4.78 is 36.3. The summed E-state index contributed by atoms with van der Waals surface area (Å²) in [5.41, 5.74) is 0. The highest BCUT2D eigenvalue weighted by atomic mass is 32.2. The predicted octanol–water partition coefficient (Wildman–Crippen LogP) is 1.27. The maximum Gasteiger partial charge on any atom is 0.406 e. The molecule has 0 unspecified atom stereocenters. The van der Waals surface area contributed by atoms with Crippen molar-refractivity contribution in [3.63, 3.8) is 0 Å². The lowest BCUT2D eigenvalue weighted by Crippen LogP contribution is -2.62. The van der Waals surface area contributed by atoms with Crippen LogP contribution in [-0.4, -0.2) is 43.6 Å². The van der Waals surface area contributed by atoms with Gasteiger partial charge in [-0.3, -0.25) is 4.18 Å². The van der Waals surface area contributed by atoms with Crippen LogP contribution in [0.25, 0.3) is 0 Å². The van der Waals surface area contributed by atoms with Crippen molar-refractivity contribution in [3.05, 3.63) is 60.7 Å². The van der Waals surface area contributed by atoms with Gasteiger partial charge in [0.05, 0.1) is 12.4 Å². The van der Waals surface area contributed by atoms with Crippen molar-refractivity contribution < 1.29 is 21.5 Å². The van der Waals surface area contributed by atoms with E-state index in [2.05, 4.69) is 28.4 Å². The van der Waals surface area contributed by atoms with Gasteiger partial charge >= 0.3 is 8.56 Å². The highest BCUT2D eigenvalue weighted by molar-refractivity contribution is 7.86. The zero-order valence-corrected chi connectivity index (χ0v) is 15.7. The highest BCUT2D eigenvalue weighted by Gasteiger charge is 2.40. The summed E-state index contributed by atoms with van der Waals surface area (Å²) >= 11 is 0. The van der Waals surface area contributed by atoms with E-state index in [0.29, 0.717) is 13.0 Å². The minimum Gasteiger partial charge on any atom is -0.391 e. The average molecular weight is 367 g/mol. The van der Waals surface area contributed by atoms with Crippen molar-refractivity contribution in [3.8, 4) is 0 Å². The van der Waals surface area contributed by atoms with Crippen LogP contribution in [0.1, 0.15) is 6.42 Å². The molecule has 1 fully saturated rings. The van der Waals surface area contributed by atoms with E-state index in [-0.39, 0.29) is 5.75 Å². The molecule has 130 valence electrons. The van der Waals surface area contributed by atoms with Crippen LogP contribution in [0.15, 0.2) is 60.7 Å². The van der Waals surface area contributed by atoms with Crippen molar-refractivity contribution in [1.29, 1.82) is 0 Å². The van der Waals surface area contributed by atoms with Gasteiger partial charge in [0.1, 0.15) is 0 Å². The first-order valence-corrected chi connectivity index (χ1v) is 11.0. The van der Waals surface area contributed by atoms with Gasteiger partial charge < -0.3 is 8.85 Å². The second kappa shape index (κ2) is 8.54. The fourth-order valence-corrected chi connectivity index (χ4v) is 6.18. The number of rotatable bonds is 4. The molecule has 1 aliphatic rings. The zero-order valence-electron chi connectivity index (χ0n) is 13.8.